The number of nitrogens with one attached hydrogen (secondary N) is 1. The molecule has 6 nitrogen and oxygen atoms in total. The highest BCUT2D eigenvalue weighted by Crippen LogP contribution is 2.36. The maximum absolute atomic E-state index is 11.3. The van der Waals surface area contributed by atoms with E-state index in [2.05, 4.69) is 60.8 Å². The fourth-order valence-electron chi connectivity index (χ4n) is 5.37. The van der Waals surface area contributed by atoms with Gasteiger partial charge in [-0.25, -0.2) is 0 Å². The molecular weight excluding hydrogens is 514 g/mol. The highest BCUT2D eigenvalue weighted by Gasteiger charge is 2.33. The molecule has 0 saturated heterocycles. The van der Waals surface area contributed by atoms with Gasteiger partial charge in [0.05, 0.1) is 26.2 Å². The van der Waals surface area contributed by atoms with Crippen molar-refractivity contribution in [2.45, 2.75) is 31.2 Å². The number of fused-ring (bicyclic) bond motifs is 1. The van der Waals surface area contributed by atoms with Gasteiger partial charge in [-0.3, -0.25) is 4.79 Å². The molecule has 210 valence electrons. The summed E-state index contributed by atoms with van der Waals surface area (Å²) in [5, 5.41) is 14.1. The zero-order valence-corrected chi connectivity index (χ0v) is 23.6. The highest BCUT2D eigenvalue weighted by atomic mass is 16.5. The summed E-state index contributed by atoms with van der Waals surface area (Å²) in [5.74, 6) is 1.46. The van der Waals surface area contributed by atoms with Crippen LogP contribution in [0.1, 0.15) is 40.9 Å². The van der Waals surface area contributed by atoms with E-state index in [1.165, 1.54) is 11.1 Å². The first-order valence-electron chi connectivity index (χ1n) is 13.7. The number of furan rings is 1. The summed E-state index contributed by atoms with van der Waals surface area (Å²) in [6.45, 7) is 2.80. The quantitative estimate of drug-likeness (QED) is 0.175. The molecule has 0 aliphatic rings. The van der Waals surface area contributed by atoms with Crippen LogP contribution in [0.3, 0.4) is 0 Å². The van der Waals surface area contributed by atoms with E-state index in [1.54, 1.807) is 14.2 Å². The molecule has 0 saturated carbocycles. The number of hydrogen-bond acceptors (Lipinski definition) is 5. The van der Waals surface area contributed by atoms with E-state index in [9.17, 15) is 9.90 Å². The Morgan fingerprint density at radius 3 is 2.17 bits per heavy atom. The summed E-state index contributed by atoms with van der Waals surface area (Å²) >= 11 is 0. The van der Waals surface area contributed by atoms with Crippen LogP contribution in [-0.4, -0.2) is 31.8 Å². The van der Waals surface area contributed by atoms with E-state index < -0.39 is 11.5 Å². The van der Waals surface area contributed by atoms with Crippen molar-refractivity contribution in [3.05, 3.63) is 131 Å². The third-order valence-corrected chi connectivity index (χ3v) is 7.62. The Bertz CT molecular complexity index is 1570. The monoisotopic (exact) mass is 549 g/mol. The number of rotatable bonds is 12. The van der Waals surface area contributed by atoms with Gasteiger partial charge in [0, 0.05) is 30.3 Å². The standard InChI is InChI=1S/C35H35NO5/c1-35(22-28-16-17-29(39-2)21-31(28)40-3,33-20-27-15-14-24(19-34(37)38)18-32(27)41-33)36-23-30(25-10-6-4-7-11-25)26-12-8-5-9-13-26/h4-18,20-21,30,36H,19,22-23H2,1-3H3,(H,37,38). The summed E-state index contributed by atoms with van der Waals surface area (Å²) in [7, 11) is 3.30. The molecule has 0 fully saturated rings. The van der Waals surface area contributed by atoms with E-state index in [4.69, 9.17) is 13.9 Å². The molecular formula is C35H35NO5. The molecule has 0 aliphatic heterocycles. The minimum Gasteiger partial charge on any atom is -0.497 e. The van der Waals surface area contributed by atoms with Crippen LogP contribution in [0.5, 0.6) is 11.5 Å². The van der Waals surface area contributed by atoms with E-state index in [0.717, 1.165) is 28.2 Å². The Labute approximate surface area is 240 Å². The lowest BCUT2D eigenvalue weighted by Crippen LogP contribution is -2.43. The third kappa shape index (κ3) is 6.44. The second kappa shape index (κ2) is 12.3. The molecule has 41 heavy (non-hydrogen) atoms. The van der Waals surface area contributed by atoms with Crippen LogP contribution in [0.2, 0.25) is 0 Å². The minimum atomic E-state index is -0.873. The molecule has 6 heteroatoms. The van der Waals surface area contributed by atoms with Gasteiger partial charge < -0.3 is 24.3 Å². The van der Waals surface area contributed by atoms with Crippen molar-refractivity contribution in [2.24, 2.45) is 0 Å². The number of hydrogen-bond donors (Lipinski definition) is 2. The summed E-state index contributed by atoms with van der Waals surface area (Å²) in [4.78, 5) is 11.3. The van der Waals surface area contributed by atoms with Gasteiger partial charge in [-0.2, -0.15) is 0 Å². The molecule has 0 aliphatic carbocycles. The average Bonchev–Trinajstić information content (AvgIpc) is 3.43. The lowest BCUT2D eigenvalue weighted by molar-refractivity contribution is -0.136. The molecule has 0 radical (unpaired) electrons. The first-order valence-corrected chi connectivity index (χ1v) is 13.7. The summed E-state index contributed by atoms with van der Waals surface area (Å²) in [5.41, 5.74) is 4.18. The normalized spacial score (nSPS) is 12.8. The smallest absolute Gasteiger partial charge is 0.307 e. The lowest BCUT2D eigenvalue weighted by atomic mass is 9.86. The van der Waals surface area contributed by atoms with Crippen LogP contribution in [0.15, 0.2) is 108 Å². The van der Waals surface area contributed by atoms with Crippen molar-refractivity contribution in [3.8, 4) is 11.5 Å². The maximum atomic E-state index is 11.3. The molecule has 1 atom stereocenters. The van der Waals surface area contributed by atoms with Crippen molar-refractivity contribution in [1.82, 2.24) is 5.32 Å². The molecule has 0 spiro atoms. The van der Waals surface area contributed by atoms with Crippen LogP contribution >= 0.6 is 0 Å². The molecule has 1 aromatic heterocycles. The molecule has 5 aromatic rings. The first kappa shape index (κ1) is 28.0. The van der Waals surface area contributed by atoms with Crippen molar-refractivity contribution >= 4 is 16.9 Å². The van der Waals surface area contributed by atoms with E-state index >= 15 is 0 Å². The molecule has 1 heterocycles. The van der Waals surface area contributed by atoms with E-state index in [1.807, 2.05) is 54.6 Å². The fourth-order valence-corrected chi connectivity index (χ4v) is 5.37. The molecule has 0 amide bonds. The van der Waals surface area contributed by atoms with Gasteiger partial charge in [0.2, 0.25) is 0 Å². The van der Waals surface area contributed by atoms with E-state index in [-0.39, 0.29) is 12.3 Å². The Morgan fingerprint density at radius 1 is 0.878 bits per heavy atom. The van der Waals surface area contributed by atoms with Crippen LogP contribution in [0.4, 0.5) is 0 Å². The van der Waals surface area contributed by atoms with Crippen molar-refractivity contribution in [3.63, 3.8) is 0 Å². The Hall–Kier alpha value is -4.55. The average molecular weight is 550 g/mol. The van der Waals surface area contributed by atoms with Crippen LogP contribution in [0.25, 0.3) is 11.0 Å². The van der Waals surface area contributed by atoms with Gasteiger partial charge in [-0.1, -0.05) is 78.9 Å². The van der Waals surface area contributed by atoms with Gasteiger partial charge >= 0.3 is 5.97 Å². The van der Waals surface area contributed by atoms with Gasteiger partial charge in [0.1, 0.15) is 22.8 Å². The molecule has 0 bridgehead atoms. The Balaban J connectivity index is 1.55. The number of aliphatic carboxylic acids is 1. The SMILES string of the molecule is COc1ccc(CC(C)(NCC(c2ccccc2)c2ccccc2)c2cc3ccc(CC(=O)O)cc3o2)c(OC)c1. The Morgan fingerprint density at radius 2 is 1.56 bits per heavy atom. The van der Waals surface area contributed by atoms with E-state index in [0.29, 0.717) is 24.1 Å². The largest absolute Gasteiger partial charge is 0.497 e. The number of carbonyl (C=O) groups is 1. The molecule has 2 N–H and O–H groups in total. The van der Waals surface area contributed by atoms with Gasteiger partial charge in [0.15, 0.2) is 0 Å². The molecule has 4 aromatic carbocycles. The predicted molar refractivity (Wildman–Crippen MR) is 161 cm³/mol. The highest BCUT2D eigenvalue weighted by molar-refractivity contribution is 5.80. The topological polar surface area (TPSA) is 80.9 Å². The van der Waals surface area contributed by atoms with Gasteiger partial charge in [-0.05, 0) is 47.4 Å². The zero-order valence-electron chi connectivity index (χ0n) is 23.6. The summed E-state index contributed by atoms with van der Waals surface area (Å²) in [6, 6.07) is 34.5. The fraction of sp³-hybridized carbons (Fsp3) is 0.229. The van der Waals surface area contributed by atoms with Crippen LogP contribution < -0.4 is 14.8 Å². The summed E-state index contributed by atoms with van der Waals surface area (Å²) < 4.78 is 17.6. The third-order valence-electron chi connectivity index (χ3n) is 7.62. The van der Waals surface area contributed by atoms with Crippen molar-refractivity contribution in [2.75, 3.05) is 20.8 Å². The Kier molecular flexibility index (Phi) is 8.41. The predicted octanol–water partition coefficient (Wildman–Crippen LogP) is 6.96. The minimum absolute atomic E-state index is 0.0552. The van der Waals surface area contributed by atoms with Gasteiger partial charge in [0.25, 0.3) is 0 Å². The van der Waals surface area contributed by atoms with Gasteiger partial charge in [-0.15, -0.1) is 0 Å². The number of benzene rings is 4. The second-order valence-electron chi connectivity index (χ2n) is 10.5. The van der Waals surface area contributed by atoms with Crippen LogP contribution in [0, 0.1) is 0 Å². The zero-order chi connectivity index (χ0) is 28.8. The first-order chi connectivity index (χ1) is 19.9. The number of methoxy groups -OCH3 is 2. The lowest BCUT2D eigenvalue weighted by Gasteiger charge is -2.32. The number of carboxylic acids is 1. The second-order valence-corrected chi connectivity index (χ2v) is 10.5. The number of carboxylic acid groups (broad SMARTS) is 1. The summed E-state index contributed by atoms with van der Waals surface area (Å²) in [6.07, 6.45) is 0.526. The van der Waals surface area contributed by atoms with Crippen molar-refractivity contribution in [1.29, 1.82) is 0 Å². The van der Waals surface area contributed by atoms with Crippen LogP contribution in [-0.2, 0) is 23.2 Å². The van der Waals surface area contributed by atoms with Crippen molar-refractivity contribution < 1.29 is 23.8 Å². The maximum Gasteiger partial charge on any atom is 0.307 e. The molecule has 1 unspecified atom stereocenters. The molecule has 5 rings (SSSR count). The number of ether oxygens (including phenoxy) is 2.